The van der Waals surface area contributed by atoms with Gasteiger partial charge in [-0.2, -0.15) is 10.1 Å². The summed E-state index contributed by atoms with van der Waals surface area (Å²) in [6.07, 6.45) is 2.50. The van der Waals surface area contributed by atoms with E-state index in [4.69, 9.17) is 4.74 Å². The zero-order valence-corrected chi connectivity index (χ0v) is 12.3. The van der Waals surface area contributed by atoms with Crippen molar-refractivity contribution in [1.29, 1.82) is 0 Å². The average molecular weight is 276 g/mol. The number of aryl methyl sites for hydroxylation is 2. The molecule has 0 spiro atoms. The molecule has 0 aromatic carbocycles. The van der Waals surface area contributed by atoms with Gasteiger partial charge in [-0.25, -0.2) is 9.97 Å². The molecule has 7 nitrogen and oxygen atoms in total. The van der Waals surface area contributed by atoms with Gasteiger partial charge in [0.1, 0.15) is 6.33 Å². The predicted octanol–water partition coefficient (Wildman–Crippen LogP) is 1.36. The van der Waals surface area contributed by atoms with Crippen molar-refractivity contribution in [1.82, 2.24) is 24.7 Å². The summed E-state index contributed by atoms with van der Waals surface area (Å²) < 4.78 is 7.27. The number of hydrogen-bond donors (Lipinski definition) is 1. The lowest BCUT2D eigenvalue weighted by Crippen LogP contribution is -2.12. The van der Waals surface area contributed by atoms with Crippen LogP contribution >= 0.6 is 0 Å². The van der Waals surface area contributed by atoms with Gasteiger partial charge in [0.05, 0.1) is 6.10 Å². The molecule has 7 heteroatoms. The first-order valence-electron chi connectivity index (χ1n) is 6.63. The molecule has 0 saturated carbocycles. The molecule has 0 saturated heterocycles. The Labute approximate surface area is 118 Å². The quantitative estimate of drug-likeness (QED) is 0.858. The van der Waals surface area contributed by atoms with E-state index in [9.17, 15) is 0 Å². The van der Waals surface area contributed by atoms with E-state index in [-0.39, 0.29) is 6.10 Å². The van der Waals surface area contributed by atoms with E-state index in [1.54, 1.807) is 11.0 Å². The highest BCUT2D eigenvalue weighted by Gasteiger charge is 2.05. The van der Waals surface area contributed by atoms with Crippen molar-refractivity contribution < 1.29 is 4.74 Å². The Hall–Kier alpha value is -2.18. The second kappa shape index (κ2) is 6.31. The SMILES string of the molecule is Cc1cc(OC(C)C)nc(NCCc2ncn(C)n2)n1. The molecule has 2 heterocycles. The molecular formula is C13H20N6O. The zero-order chi connectivity index (χ0) is 14.5. The van der Waals surface area contributed by atoms with Crippen LogP contribution in [0.1, 0.15) is 25.4 Å². The maximum absolute atomic E-state index is 5.58. The molecule has 0 fully saturated rings. The summed E-state index contributed by atoms with van der Waals surface area (Å²) in [6, 6.07) is 1.82. The molecular weight excluding hydrogens is 256 g/mol. The lowest BCUT2D eigenvalue weighted by molar-refractivity contribution is 0.232. The van der Waals surface area contributed by atoms with Crippen LogP contribution in [0.25, 0.3) is 0 Å². The van der Waals surface area contributed by atoms with Crippen molar-refractivity contribution in [3.63, 3.8) is 0 Å². The smallest absolute Gasteiger partial charge is 0.226 e. The van der Waals surface area contributed by atoms with E-state index < -0.39 is 0 Å². The fourth-order valence-electron chi connectivity index (χ4n) is 1.71. The molecule has 2 aromatic rings. The number of ether oxygens (including phenoxy) is 1. The van der Waals surface area contributed by atoms with Gasteiger partial charge < -0.3 is 10.1 Å². The highest BCUT2D eigenvalue weighted by atomic mass is 16.5. The third-order valence-electron chi connectivity index (χ3n) is 2.47. The van der Waals surface area contributed by atoms with E-state index in [2.05, 4.69) is 25.4 Å². The molecule has 1 N–H and O–H groups in total. The topological polar surface area (TPSA) is 77.8 Å². The molecule has 0 amide bonds. The number of rotatable bonds is 6. The fraction of sp³-hybridized carbons (Fsp3) is 0.538. The third kappa shape index (κ3) is 4.18. The molecule has 0 atom stereocenters. The van der Waals surface area contributed by atoms with Crippen LogP contribution in [0.3, 0.4) is 0 Å². The van der Waals surface area contributed by atoms with E-state index >= 15 is 0 Å². The second-order valence-electron chi connectivity index (χ2n) is 4.85. The summed E-state index contributed by atoms with van der Waals surface area (Å²) in [5.74, 6) is 1.95. The maximum Gasteiger partial charge on any atom is 0.226 e. The Kier molecular flexibility index (Phi) is 4.49. The van der Waals surface area contributed by atoms with Crippen LogP contribution in [-0.2, 0) is 13.5 Å². The predicted molar refractivity (Wildman–Crippen MR) is 75.7 cm³/mol. The molecule has 108 valence electrons. The molecule has 20 heavy (non-hydrogen) atoms. The first-order chi connectivity index (χ1) is 9.52. The van der Waals surface area contributed by atoms with Gasteiger partial charge in [-0.3, -0.25) is 4.68 Å². The minimum absolute atomic E-state index is 0.0925. The average Bonchev–Trinajstić information content (AvgIpc) is 2.73. The van der Waals surface area contributed by atoms with E-state index in [0.29, 0.717) is 18.4 Å². The number of nitrogens with zero attached hydrogens (tertiary/aromatic N) is 5. The maximum atomic E-state index is 5.58. The molecule has 2 rings (SSSR count). The van der Waals surface area contributed by atoms with Gasteiger partial charge in [0.15, 0.2) is 5.82 Å². The monoisotopic (exact) mass is 276 g/mol. The summed E-state index contributed by atoms with van der Waals surface area (Å²) >= 11 is 0. The fourth-order valence-corrected chi connectivity index (χ4v) is 1.71. The van der Waals surface area contributed by atoms with Gasteiger partial charge in [0, 0.05) is 31.8 Å². The van der Waals surface area contributed by atoms with Gasteiger partial charge >= 0.3 is 0 Å². The van der Waals surface area contributed by atoms with Gasteiger partial charge in [-0.1, -0.05) is 0 Å². The van der Waals surface area contributed by atoms with Crippen LogP contribution in [0.2, 0.25) is 0 Å². The first-order valence-corrected chi connectivity index (χ1v) is 6.63. The number of hydrogen-bond acceptors (Lipinski definition) is 6. The minimum Gasteiger partial charge on any atom is -0.475 e. The third-order valence-corrected chi connectivity index (χ3v) is 2.47. The van der Waals surface area contributed by atoms with E-state index in [0.717, 1.165) is 17.9 Å². The van der Waals surface area contributed by atoms with Gasteiger partial charge in [-0.15, -0.1) is 0 Å². The lowest BCUT2D eigenvalue weighted by atomic mass is 10.4. The Morgan fingerprint density at radius 1 is 1.35 bits per heavy atom. The Balaban J connectivity index is 1.93. The van der Waals surface area contributed by atoms with Crippen LogP contribution in [-0.4, -0.2) is 37.4 Å². The Morgan fingerprint density at radius 3 is 2.80 bits per heavy atom. The first kappa shape index (κ1) is 14.2. The highest BCUT2D eigenvalue weighted by Crippen LogP contribution is 2.13. The number of aromatic nitrogens is 5. The summed E-state index contributed by atoms with van der Waals surface area (Å²) in [5, 5.41) is 7.38. The molecule has 0 radical (unpaired) electrons. The summed E-state index contributed by atoms with van der Waals surface area (Å²) in [5.41, 5.74) is 0.870. The molecule has 0 aliphatic rings. The molecule has 0 aliphatic heterocycles. The largest absolute Gasteiger partial charge is 0.475 e. The van der Waals surface area contributed by atoms with Crippen LogP contribution in [0.5, 0.6) is 5.88 Å². The molecule has 0 unspecified atom stereocenters. The van der Waals surface area contributed by atoms with Gasteiger partial charge in [0.25, 0.3) is 0 Å². The van der Waals surface area contributed by atoms with Gasteiger partial charge in [0.2, 0.25) is 11.8 Å². The standard InChI is InChI=1S/C13H20N6O/c1-9(2)20-12-7-10(3)16-13(17-12)14-6-5-11-15-8-19(4)18-11/h7-9H,5-6H2,1-4H3,(H,14,16,17). The van der Waals surface area contributed by atoms with Crippen molar-refractivity contribution in [2.75, 3.05) is 11.9 Å². The van der Waals surface area contributed by atoms with Crippen molar-refractivity contribution in [3.05, 3.63) is 23.9 Å². The summed E-state index contributed by atoms with van der Waals surface area (Å²) in [7, 11) is 1.85. The Morgan fingerprint density at radius 2 is 2.15 bits per heavy atom. The normalized spacial score (nSPS) is 10.8. The molecule has 0 bridgehead atoms. The van der Waals surface area contributed by atoms with Crippen molar-refractivity contribution in [2.24, 2.45) is 7.05 Å². The lowest BCUT2D eigenvalue weighted by Gasteiger charge is -2.11. The van der Waals surface area contributed by atoms with Gasteiger partial charge in [-0.05, 0) is 20.8 Å². The summed E-state index contributed by atoms with van der Waals surface area (Å²) in [4.78, 5) is 12.8. The van der Waals surface area contributed by atoms with Crippen LogP contribution in [0, 0.1) is 6.92 Å². The van der Waals surface area contributed by atoms with Crippen LogP contribution < -0.4 is 10.1 Å². The van der Waals surface area contributed by atoms with E-state index in [1.165, 1.54) is 0 Å². The zero-order valence-electron chi connectivity index (χ0n) is 12.3. The summed E-state index contributed by atoms with van der Waals surface area (Å²) in [6.45, 7) is 6.53. The Bertz CT molecular complexity index is 566. The highest BCUT2D eigenvalue weighted by molar-refractivity contribution is 5.30. The van der Waals surface area contributed by atoms with E-state index in [1.807, 2.05) is 33.9 Å². The minimum atomic E-state index is 0.0925. The number of nitrogens with one attached hydrogen (secondary N) is 1. The van der Waals surface area contributed by atoms with Crippen molar-refractivity contribution in [3.8, 4) is 5.88 Å². The van der Waals surface area contributed by atoms with Crippen molar-refractivity contribution in [2.45, 2.75) is 33.3 Å². The van der Waals surface area contributed by atoms with Crippen molar-refractivity contribution >= 4 is 5.95 Å². The molecule has 2 aromatic heterocycles. The number of anilines is 1. The van der Waals surface area contributed by atoms with Crippen LogP contribution in [0.15, 0.2) is 12.4 Å². The van der Waals surface area contributed by atoms with Crippen LogP contribution in [0.4, 0.5) is 5.95 Å². The second-order valence-corrected chi connectivity index (χ2v) is 4.85. The molecule has 0 aliphatic carbocycles.